The van der Waals surface area contributed by atoms with Gasteiger partial charge in [0.1, 0.15) is 0 Å². The zero-order valence-corrected chi connectivity index (χ0v) is 9.26. The Morgan fingerprint density at radius 3 is 2.87 bits per heavy atom. The summed E-state index contributed by atoms with van der Waals surface area (Å²) in [6.45, 7) is 2.24. The van der Waals surface area contributed by atoms with Gasteiger partial charge in [-0.15, -0.1) is 0 Å². The van der Waals surface area contributed by atoms with E-state index >= 15 is 0 Å². The van der Waals surface area contributed by atoms with Gasteiger partial charge in [0.2, 0.25) is 0 Å². The molecule has 1 aliphatic carbocycles. The van der Waals surface area contributed by atoms with Crippen molar-refractivity contribution in [2.24, 2.45) is 0 Å². The number of hydrogen-bond donors (Lipinski definition) is 1. The van der Waals surface area contributed by atoms with Crippen molar-refractivity contribution < 1.29 is 0 Å². The lowest BCUT2D eigenvalue weighted by molar-refractivity contribution is 0.623. The molecule has 3 rings (SSSR count). The monoisotopic (exact) mass is 201 g/mol. The minimum Gasteiger partial charge on any atom is -0.312 e. The Balaban J connectivity index is 1.99. The predicted octanol–water partition coefficient (Wildman–Crippen LogP) is 2.99. The van der Waals surface area contributed by atoms with Crippen LogP contribution < -0.4 is 5.32 Å². The van der Waals surface area contributed by atoms with Crippen LogP contribution >= 0.6 is 0 Å². The third kappa shape index (κ3) is 1.69. The molecule has 1 saturated carbocycles. The highest BCUT2D eigenvalue weighted by Crippen LogP contribution is 2.37. The summed E-state index contributed by atoms with van der Waals surface area (Å²) < 4.78 is 0. The molecule has 1 heteroatoms. The van der Waals surface area contributed by atoms with Gasteiger partial charge < -0.3 is 5.32 Å². The Bertz CT molecular complexity index is 350. The van der Waals surface area contributed by atoms with Crippen LogP contribution in [0.4, 0.5) is 0 Å². The molecule has 0 atom stereocenters. The van der Waals surface area contributed by atoms with E-state index in [4.69, 9.17) is 0 Å². The minimum absolute atomic E-state index is 0.873. The summed E-state index contributed by atoms with van der Waals surface area (Å²) in [5.41, 5.74) is 4.89. The molecule has 0 saturated heterocycles. The molecule has 0 unspecified atom stereocenters. The summed E-state index contributed by atoms with van der Waals surface area (Å²) >= 11 is 0. The van der Waals surface area contributed by atoms with Crippen molar-refractivity contribution in [3.63, 3.8) is 0 Å². The Labute approximate surface area is 91.9 Å². The number of benzene rings is 1. The van der Waals surface area contributed by atoms with Crippen LogP contribution in [0.15, 0.2) is 18.2 Å². The van der Waals surface area contributed by atoms with Gasteiger partial charge >= 0.3 is 0 Å². The molecule has 0 amide bonds. The van der Waals surface area contributed by atoms with Crippen molar-refractivity contribution >= 4 is 0 Å². The molecule has 0 aromatic heterocycles. The van der Waals surface area contributed by atoms with Crippen molar-refractivity contribution in [1.82, 2.24) is 5.32 Å². The maximum Gasteiger partial charge on any atom is 0.0208 e. The van der Waals surface area contributed by atoms with Crippen LogP contribution in [0.25, 0.3) is 0 Å². The lowest BCUT2D eigenvalue weighted by Gasteiger charge is -2.23. The smallest absolute Gasteiger partial charge is 0.0208 e. The first-order valence-electron chi connectivity index (χ1n) is 6.26. The molecule has 1 fully saturated rings. The summed E-state index contributed by atoms with van der Waals surface area (Å²) in [5.74, 6) is 0.873. The number of rotatable bonds is 1. The van der Waals surface area contributed by atoms with Gasteiger partial charge in [-0.1, -0.05) is 31.0 Å². The second kappa shape index (κ2) is 3.97. The van der Waals surface area contributed by atoms with E-state index in [2.05, 4.69) is 23.5 Å². The molecule has 1 aromatic rings. The summed E-state index contributed by atoms with van der Waals surface area (Å²) in [6.07, 6.45) is 6.95. The molecule has 80 valence electrons. The van der Waals surface area contributed by atoms with Crippen molar-refractivity contribution in [1.29, 1.82) is 0 Å². The van der Waals surface area contributed by atoms with E-state index in [9.17, 15) is 0 Å². The van der Waals surface area contributed by atoms with Crippen molar-refractivity contribution in [3.05, 3.63) is 34.9 Å². The second-order valence-corrected chi connectivity index (χ2v) is 4.89. The average molecular weight is 201 g/mol. The molecule has 1 nitrogen and oxygen atoms in total. The van der Waals surface area contributed by atoms with Gasteiger partial charge in [-0.2, -0.15) is 0 Å². The van der Waals surface area contributed by atoms with Crippen LogP contribution in [0.2, 0.25) is 0 Å². The molecule has 1 heterocycles. The highest BCUT2D eigenvalue weighted by Gasteiger charge is 2.21. The van der Waals surface area contributed by atoms with Gasteiger partial charge in [0.25, 0.3) is 0 Å². The minimum atomic E-state index is 0.873. The second-order valence-electron chi connectivity index (χ2n) is 4.89. The third-order valence-electron chi connectivity index (χ3n) is 3.97. The molecule has 0 bridgehead atoms. The number of hydrogen-bond acceptors (Lipinski definition) is 1. The van der Waals surface area contributed by atoms with Crippen LogP contribution in [0.1, 0.15) is 48.3 Å². The fraction of sp³-hybridized carbons (Fsp3) is 0.571. The first-order chi connectivity index (χ1) is 7.45. The van der Waals surface area contributed by atoms with Gasteiger partial charge in [-0.05, 0) is 48.4 Å². The first kappa shape index (κ1) is 9.41. The molecular weight excluding hydrogens is 182 g/mol. The van der Waals surface area contributed by atoms with E-state index in [0.29, 0.717) is 0 Å². The quantitative estimate of drug-likeness (QED) is 0.736. The molecule has 2 aliphatic rings. The van der Waals surface area contributed by atoms with E-state index in [0.717, 1.165) is 19.0 Å². The standard InChI is InChI=1S/C14H19N/c1-2-5-11(4-1)13-7-3-6-12-10-15-9-8-14(12)13/h3,6-7,11,15H,1-2,4-5,8-10H2. The topological polar surface area (TPSA) is 12.0 Å². The van der Waals surface area contributed by atoms with E-state index in [-0.39, 0.29) is 0 Å². The fourth-order valence-corrected chi connectivity index (χ4v) is 3.18. The van der Waals surface area contributed by atoms with Crippen LogP contribution in [-0.2, 0) is 13.0 Å². The molecule has 15 heavy (non-hydrogen) atoms. The maximum absolute atomic E-state index is 3.46. The van der Waals surface area contributed by atoms with E-state index < -0.39 is 0 Å². The van der Waals surface area contributed by atoms with Crippen LogP contribution in [0.3, 0.4) is 0 Å². The van der Waals surface area contributed by atoms with Gasteiger partial charge in [0.05, 0.1) is 0 Å². The van der Waals surface area contributed by atoms with Crippen LogP contribution in [0, 0.1) is 0 Å². The lowest BCUT2D eigenvalue weighted by atomic mass is 9.87. The molecule has 1 N–H and O–H groups in total. The summed E-state index contributed by atoms with van der Waals surface area (Å²) in [6, 6.07) is 6.92. The zero-order chi connectivity index (χ0) is 10.1. The maximum atomic E-state index is 3.46. The lowest BCUT2D eigenvalue weighted by Crippen LogP contribution is -2.24. The highest BCUT2D eigenvalue weighted by atomic mass is 14.9. The highest BCUT2D eigenvalue weighted by molar-refractivity contribution is 5.39. The van der Waals surface area contributed by atoms with Gasteiger partial charge in [0, 0.05) is 6.54 Å². The Morgan fingerprint density at radius 2 is 2.00 bits per heavy atom. The Hall–Kier alpha value is -0.820. The first-order valence-corrected chi connectivity index (χ1v) is 6.26. The van der Waals surface area contributed by atoms with E-state index in [1.807, 2.05) is 0 Å². The summed E-state index contributed by atoms with van der Waals surface area (Å²) in [7, 11) is 0. The Kier molecular flexibility index (Phi) is 2.49. The average Bonchev–Trinajstić information content (AvgIpc) is 2.82. The predicted molar refractivity (Wildman–Crippen MR) is 63.1 cm³/mol. The molecule has 1 aromatic carbocycles. The van der Waals surface area contributed by atoms with Crippen molar-refractivity contribution in [3.8, 4) is 0 Å². The van der Waals surface area contributed by atoms with Gasteiger partial charge in [0.15, 0.2) is 0 Å². The van der Waals surface area contributed by atoms with Gasteiger partial charge in [-0.3, -0.25) is 0 Å². The van der Waals surface area contributed by atoms with Crippen molar-refractivity contribution in [2.45, 2.75) is 44.6 Å². The zero-order valence-electron chi connectivity index (χ0n) is 9.26. The number of fused-ring (bicyclic) bond motifs is 1. The number of nitrogens with one attached hydrogen (secondary N) is 1. The third-order valence-corrected chi connectivity index (χ3v) is 3.97. The van der Waals surface area contributed by atoms with E-state index in [1.165, 1.54) is 32.1 Å². The summed E-state index contributed by atoms with van der Waals surface area (Å²) in [4.78, 5) is 0. The molecular formula is C14H19N. The normalized spacial score (nSPS) is 21.6. The van der Waals surface area contributed by atoms with Crippen molar-refractivity contribution in [2.75, 3.05) is 6.54 Å². The SMILES string of the molecule is c1cc2c(c(C3CCCC3)c1)CCNC2. The summed E-state index contributed by atoms with van der Waals surface area (Å²) in [5, 5.41) is 3.46. The molecule has 0 radical (unpaired) electrons. The molecule has 0 spiro atoms. The molecule has 1 aliphatic heterocycles. The van der Waals surface area contributed by atoms with E-state index in [1.54, 1.807) is 16.7 Å². The van der Waals surface area contributed by atoms with Gasteiger partial charge in [-0.25, -0.2) is 0 Å². The fourth-order valence-electron chi connectivity index (χ4n) is 3.18. The Morgan fingerprint density at radius 1 is 1.13 bits per heavy atom. The van der Waals surface area contributed by atoms with Crippen LogP contribution in [-0.4, -0.2) is 6.54 Å². The largest absolute Gasteiger partial charge is 0.312 e. The van der Waals surface area contributed by atoms with Crippen LogP contribution in [0.5, 0.6) is 0 Å².